The standard InChI is InChI=1S/C23H26ClFN4O4/c1-13(6-7-27-23(32)16-8-17(11-26-10-16)29-14(2)30)28-20(31)12-33-19-9-15-4-3-5-18(19)22(25)21(15)24/h8-11,21-22H,1,3-7,12H2,2H3,(H,27,32)(H,28,31)(H,29,30). The average molecular weight is 477 g/mol. The number of aromatic nitrogens is 1. The Balaban J connectivity index is 1.41. The fourth-order valence-electron chi connectivity index (χ4n) is 3.63. The van der Waals surface area contributed by atoms with E-state index in [0.29, 0.717) is 42.0 Å². The number of carbonyl (C=O) groups excluding carboxylic acids is 3. The molecule has 1 fully saturated rings. The Bertz CT molecular complexity index is 1020. The molecule has 3 aliphatic rings. The molecule has 3 aliphatic carbocycles. The van der Waals surface area contributed by atoms with E-state index in [-0.39, 0.29) is 30.5 Å². The molecule has 33 heavy (non-hydrogen) atoms. The maximum atomic E-state index is 14.4. The average Bonchev–Trinajstić information content (AvgIpc) is 3.05. The van der Waals surface area contributed by atoms with E-state index in [0.717, 1.165) is 12.0 Å². The first-order chi connectivity index (χ1) is 15.7. The first kappa shape index (κ1) is 24.4. The van der Waals surface area contributed by atoms with Crippen molar-refractivity contribution >= 4 is 35.0 Å². The van der Waals surface area contributed by atoms with E-state index < -0.39 is 17.5 Å². The summed E-state index contributed by atoms with van der Waals surface area (Å²) in [4.78, 5) is 39.5. The van der Waals surface area contributed by atoms with Gasteiger partial charge in [-0.05, 0) is 37.0 Å². The molecule has 1 aromatic heterocycles. The zero-order chi connectivity index (χ0) is 24.0. The molecule has 2 atom stereocenters. The zero-order valence-corrected chi connectivity index (χ0v) is 19.0. The van der Waals surface area contributed by atoms with E-state index in [1.165, 1.54) is 25.4 Å². The van der Waals surface area contributed by atoms with Gasteiger partial charge in [-0.25, -0.2) is 4.39 Å². The van der Waals surface area contributed by atoms with Crippen LogP contribution in [0.5, 0.6) is 0 Å². The summed E-state index contributed by atoms with van der Waals surface area (Å²) >= 11 is 6.13. The highest BCUT2D eigenvalue weighted by atomic mass is 35.5. The van der Waals surface area contributed by atoms with Crippen LogP contribution in [0.1, 0.15) is 43.0 Å². The molecule has 3 amide bonds. The van der Waals surface area contributed by atoms with Gasteiger partial charge in [0.05, 0.1) is 22.8 Å². The topological polar surface area (TPSA) is 109 Å². The molecule has 1 aromatic rings. The molecule has 0 radical (unpaired) electrons. The lowest BCUT2D eigenvalue weighted by atomic mass is 9.97. The van der Waals surface area contributed by atoms with E-state index in [1.54, 1.807) is 6.08 Å². The van der Waals surface area contributed by atoms with Crippen LogP contribution in [-0.4, -0.2) is 47.4 Å². The third-order valence-corrected chi connectivity index (χ3v) is 5.70. The number of hydrogen-bond donors (Lipinski definition) is 3. The number of allylic oxidation sites excluding steroid dienone is 3. The molecule has 2 bridgehead atoms. The number of amides is 3. The van der Waals surface area contributed by atoms with Crippen LogP contribution in [0, 0.1) is 0 Å². The van der Waals surface area contributed by atoms with Gasteiger partial charge in [-0.1, -0.05) is 6.58 Å². The molecule has 10 heteroatoms. The molecule has 0 aliphatic heterocycles. The summed E-state index contributed by atoms with van der Waals surface area (Å²) in [6, 6.07) is 1.51. The number of anilines is 1. The quantitative estimate of drug-likeness (QED) is 0.474. The van der Waals surface area contributed by atoms with Gasteiger partial charge in [0.15, 0.2) is 6.61 Å². The Morgan fingerprint density at radius 3 is 2.85 bits per heavy atom. The number of nitrogens with zero attached hydrogens (tertiary/aromatic N) is 1. The second-order valence-corrected chi connectivity index (χ2v) is 8.33. The Hall–Kier alpha value is -3.20. The van der Waals surface area contributed by atoms with Crippen molar-refractivity contribution in [1.82, 2.24) is 15.6 Å². The minimum atomic E-state index is -1.29. The molecule has 176 valence electrons. The van der Waals surface area contributed by atoms with Gasteiger partial charge in [-0.15, -0.1) is 11.6 Å². The predicted octanol–water partition coefficient (Wildman–Crippen LogP) is 3.13. The molecule has 3 N–H and O–H groups in total. The van der Waals surface area contributed by atoms with Crippen LogP contribution in [0.3, 0.4) is 0 Å². The lowest BCUT2D eigenvalue weighted by Gasteiger charge is -2.24. The normalized spacial score (nSPS) is 19.3. The molecule has 8 nitrogen and oxygen atoms in total. The molecule has 0 saturated heterocycles. The van der Waals surface area contributed by atoms with E-state index in [2.05, 4.69) is 27.5 Å². The maximum Gasteiger partial charge on any atom is 0.262 e. The Labute approximate surface area is 196 Å². The number of nitrogens with one attached hydrogen (secondary N) is 3. The second kappa shape index (κ2) is 11.1. The van der Waals surface area contributed by atoms with Crippen molar-refractivity contribution < 1.29 is 23.5 Å². The summed E-state index contributed by atoms with van der Waals surface area (Å²) in [5, 5.41) is 7.20. The van der Waals surface area contributed by atoms with Crippen LogP contribution >= 0.6 is 11.6 Å². The Morgan fingerprint density at radius 1 is 1.30 bits per heavy atom. The van der Waals surface area contributed by atoms with Gasteiger partial charge < -0.3 is 20.7 Å². The lowest BCUT2D eigenvalue weighted by Crippen LogP contribution is -2.31. The summed E-state index contributed by atoms with van der Waals surface area (Å²) in [6.45, 7) is 5.09. The molecule has 1 heterocycles. The van der Waals surface area contributed by atoms with Crippen molar-refractivity contribution in [1.29, 1.82) is 0 Å². The minimum absolute atomic E-state index is 0.227. The van der Waals surface area contributed by atoms with Gasteiger partial charge in [-0.3, -0.25) is 19.4 Å². The van der Waals surface area contributed by atoms with Gasteiger partial charge >= 0.3 is 0 Å². The highest BCUT2D eigenvalue weighted by molar-refractivity contribution is 6.23. The van der Waals surface area contributed by atoms with Crippen LogP contribution in [0.25, 0.3) is 0 Å². The van der Waals surface area contributed by atoms with Crippen molar-refractivity contribution in [3.05, 3.63) is 59.3 Å². The van der Waals surface area contributed by atoms with E-state index in [9.17, 15) is 18.8 Å². The van der Waals surface area contributed by atoms with Crippen LogP contribution in [0.2, 0.25) is 0 Å². The van der Waals surface area contributed by atoms with Crippen molar-refractivity contribution in [3.63, 3.8) is 0 Å². The molecule has 0 aromatic carbocycles. The zero-order valence-electron chi connectivity index (χ0n) is 18.2. The molecule has 0 spiro atoms. The first-order valence-electron chi connectivity index (χ1n) is 10.6. The highest BCUT2D eigenvalue weighted by Gasteiger charge is 2.35. The smallest absolute Gasteiger partial charge is 0.262 e. The lowest BCUT2D eigenvalue weighted by molar-refractivity contribution is -0.123. The van der Waals surface area contributed by atoms with E-state index >= 15 is 0 Å². The van der Waals surface area contributed by atoms with Gasteiger partial charge in [-0.2, -0.15) is 0 Å². The van der Waals surface area contributed by atoms with Gasteiger partial charge in [0.25, 0.3) is 11.8 Å². The number of rotatable bonds is 9. The summed E-state index contributed by atoms with van der Waals surface area (Å²) < 4.78 is 20.0. The predicted molar refractivity (Wildman–Crippen MR) is 122 cm³/mol. The highest BCUT2D eigenvalue weighted by Crippen LogP contribution is 2.39. The fraction of sp³-hybridized carbons (Fsp3) is 0.391. The third kappa shape index (κ3) is 6.64. The Morgan fingerprint density at radius 2 is 2.09 bits per heavy atom. The number of alkyl halides is 2. The van der Waals surface area contributed by atoms with Gasteiger partial charge in [0.1, 0.15) is 11.9 Å². The van der Waals surface area contributed by atoms with Crippen molar-refractivity contribution in [3.8, 4) is 0 Å². The molecule has 4 rings (SSSR count). The number of halogens is 2. The summed E-state index contributed by atoms with van der Waals surface area (Å²) in [6.07, 6.45) is 5.64. The summed E-state index contributed by atoms with van der Waals surface area (Å²) in [7, 11) is 0. The summed E-state index contributed by atoms with van der Waals surface area (Å²) in [5.74, 6) is -0.684. The van der Waals surface area contributed by atoms with Crippen molar-refractivity contribution in [2.75, 3.05) is 18.5 Å². The van der Waals surface area contributed by atoms with Crippen LogP contribution in [-0.2, 0) is 14.3 Å². The Kier molecular flexibility index (Phi) is 8.21. The number of carbonyl (C=O) groups is 3. The van der Waals surface area contributed by atoms with E-state index in [4.69, 9.17) is 16.3 Å². The number of hydrogen-bond acceptors (Lipinski definition) is 5. The SMILES string of the molecule is C=C(CCNC(=O)c1cncc(NC(C)=O)c1)NC(=O)COC1=C2CCCC(=C1)C(Cl)C2F. The van der Waals surface area contributed by atoms with Crippen LogP contribution in [0.15, 0.2) is 53.7 Å². The molecule has 1 saturated carbocycles. The maximum absolute atomic E-state index is 14.4. The van der Waals surface area contributed by atoms with Crippen molar-refractivity contribution in [2.45, 2.75) is 44.2 Å². The minimum Gasteiger partial charge on any atom is -0.484 e. The van der Waals surface area contributed by atoms with Crippen molar-refractivity contribution in [2.24, 2.45) is 0 Å². The van der Waals surface area contributed by atoms with Gasteiger partial charge in [0, 0.05) is 37.4 Å². The number of fused-ring (bicyclic) bond motifs is 4. The molecular weight excluding hydrogens is 451 g/mol. The molecular formula is C23H26ClFN4O4. The molecule has 2 unspecified atom stereocenters. The van der Waals surface area contributed by atoms with E-state index in [1.807, 2.05) is 0 Å². The number of pyridine rings is 1. The fourth-order valence-corrected chi connectivity index (χ4v) is 3.96. The van der Waals surface area contributed by atoms with Crippen LogP contribution in [0.4, 0.5) is 10.1 Å². The van der Waals surface area contributed by atoms with Gasteiger partial charge in [0.2, 0.25) is 5.91 Å². The number of ether oxygens (including phenoxy) is 1. The monoisotopic (exact) mass is 476 g/mol. The second-order valence-electron chi connectivity index (χ2n) is 7.86. The first-order valence-corrected chi connectivity index (χ1v) is 11.0. The van der Waals surface area contributed by atoms with Crippen LogP contribution < -0.4 is 16.0 Å². The third-order valence-electron chi connectivity index (χ3n) is 5.20. The largest absolute Gasteiger partial charge is 0.484 e. The summed E-state index contributed by atoms with van der Waals surface area (Å²) in [5.41, 5.74) is 2.40.